The zero-order valence-corrected chi connectivity index (χ0v) is 16.6. The van der Waals surface area contributed by atoms with Crippen molar-refractivity contribution in [3.63, 3.8) is 0 Å². The summed E-state index contributed by atoms with van der Waals surface area (Å²) in [6.07, 6.45) is 2.65. The quantitative estimate of drug-likeness (QED) is 0.344. The number of nitrogens with zero attached hydrogens (tertiary/aromatic N) is 2. The lowest BCUT2D eigenvalue weighted by atomic mass is 10.1. The summed E-state index contributed by atoms with van der Waals surface area (Å²) < 4.78 is 5.01. The van der Waals surface area contributed by atoms with Gasteiger partial charge in [0.25, 0.3) is 5.91 Å². The Balaban J connectivity index is 1.36. The van der Waals surface area contributed by atoms with Crippen LogP contribution < -0.4 is 5.32 Å². The number of amides is 1. The first-order valence-electron chi connectivity index (χ1n) is 8.93. The number of fused-ring (bicyclic) bond motifs is 1. The Bertz CT molecular complexity index is 966. The summed E-state index contributed by atoms with van der Waals surface area (Å²) in [7, 11) is 0. The lowest BCUT2D eigenvalue weighted by molar-refractivity contribution is -0.145. The molecule has 146 valence electrons. The molecule has 0 saturated carbocycles. The number of esters is 1. The molecule has 0 atom stereocenters. The lowest BCUT2D eigenvalue weighted by Crippen LogP contribution is -2.30. The van der Waals surface area contributed by atoms with Crippen LogP contribution in [-0.4, -0.2) is 45.7 Å². The molecule has 1 amide bonds. The van der Waals surface area contributed by atoms with Crippen molar-refractivity contribution in [2.45, 2.75) is 25.4 Å². The van der Waals surface area contributed by atoms with Crippen LogP contribution in [0.25, 0.3) is 10.9 Å². The molecule has 2 N–H and O–H groups in total. The van der Waals surface area contributed by atoms with E-state index < -0.39 is 5.97 Å². The SMILES string of the molecule is Cc1cc(C)nc(SCC(=O)OCC(=O)NCCc2c[nH]c3ccccc23)n1. The molecule has 0 radical (unpaired) electrons. The minimum absolute atomic E-state index is 0.0610. The van der Waals surface area contributed by atoms with Gasteiger partial charge in [-0.25, -0.2) is 9.97 Å². The van der Waals surface area contributed by atoms with Crippen molar-refractivity contribution in [3.05, 3.63) is 53.5 Å². The molecule has 2 heterocycles. The minimum Gasteiger partial charge on any atom is -0.455 e. The van der Waals surface area contributed by atoms with Crippen LogP contribution in [0.2, 0.25) is 0 Å². The fourth-order valence-corrected chi connectivity index (χ4v) is 3.54. The van der Waals surface area contributed by atoms with E-state index in [1.165, 1.54) is 11.8 Å². The number of aryl methyl sites for hydroxylation is 2. The molecule has 2 aromatic heterocycles. The van der Waals surface area contributed by atoms with Crippen LogP contribution in [0.3, 0.4) is 0 Å². The Labute approximate surface area is 167 Å². The Hall–Kier alpha value is -2.87. The zero-order chi connectivity index (χ0) is 19.9. The molecule has 1 aromatic carbocycles. The number of thioether (sulfide) groups is 1. The van der Waals surface area contributed by atoms with Crippen LogP contribution in [0, 0.1) is 13.8 Å². The van der Waals surface area contributed by atoms with E-state index in [0.29, 0.717) is 18.1 Å². The number of rotatable bonds is 8. The molecule has 7 nitrogen and oxygen atoms in total. The van der Waals surface area contributed by atoms with Crippen LogP contribution in [0.4, 0.5) is 0 Å². The number of aromatic nitrogens is 3. The van der Waals surface area contributed by atoms with E-state index in [-0.39, 0.29) is 18.3 Å². The largest absolute Gasteiger partial charge is 0.455 e. The Kier molecular flexibility index (Phi) is 6.65. The summed E-state index contributed by atoms with van der Waals surface area (Å²) >= 11 is 1.19. The van der Waals surface area contributed by atoms with Crippen LogP contribution in [-0.2, 0) is 20.7 Å². The van der Waals surface area contributed by atoms with Crippen LogP contribution in [0.5, 0.6) is 0 Å². The third kappa shape index (κ3) is 5.56. The lowest BCUT2D eigenvalue weighted by Gasteiger charge is -2.06. The Morgan fingerprint density at radius 2 is 1.93 bits per heavy atom. The third-order valence-electron chi connectivity index (χ3n) is 4.04. The fraction of sp³-hybridized carbons (Fsp3) is 0.300. The van der Waals surface area contributed by atoms with E-state index in [1.54, 1.807) is 0 Å². The summed E-state index contributed by atoms with van der Waals surface area (Å²) in [5.41, 5.74) is 3.90. The highest BCUT2D eigenvalue weighted by Gasteiger charge is 2.10. The third-order valence-corrected chi connectivity index (χ3v) is 4.86. The minimum atomic E-state index is -0.473. The van der Waals surface area contributed by atoms with Gasteiger partial charge in [-0.15, -0.1) is 0 Å². The molecular weight excluding hydrogens is 376 g/mol. The van der Waals surface area contributed by atoms with Gasteiger partial charge < -0.3 is 15.0 Å². The van der Waals surface area contributed by atoms with Crippen molar-refractivity contribution in [1.29, 1.82) is 0 Å². The number of hydrogen-bond acceptors (Lipinski definition) is 6. The van der Waals surface area contributed by atoms with E-state index in [1.807, 2.05) is 50.4 Å². The fourth-order valence-electron chi connectivity index (χ4n) is 2.80. The van der Waals surface area contributed by atoms with Gasteiger partial charge >= 0.3 is 5.97 Å². The van der Waals surface area contributed by atoms with Gasteiger partial charge in [-0.3, -0.25) is 9.59 Å². The molecular formula is C20H22N4O3S. The maximum absolute atomic E-state index is 11.9. The van der Waals surface area contributed by atoms with Crippen LogP contribution >= 0.6 is 11.8 Å². The van der Waals surface area contributed by atoms with E-state index >= 15 is 0 Å². The van der Waals surface area contributed by atoms with E-state index in [2.05, 4.69) is 20.3 Å². The highest BCUT2D eigenvalue weighted by atomic mass is 32.2. The van der Waals surface area contributed by atoms with Gasteiger partial charge in [-0.1, -0.05) is 30.0 Å². The molecule has 0 unspecified atom stereocenters. The predicted octanol–water partition coefficient (Wildman–Crippen LogP) is 2.57. The van der Waals surface area contributed by atoms with Gasteiger partial charge in [0.05, 0.1) is 5.75 Å². The molecule has 0 aliphatic carbocycles. The molecule has 0 saturated heterocycles. The summed E-state index contributed by atoms with van der Waals surface area (Å²) in [4.78, 5) is 35.4. The van der Waals surface area contributed by atoms with Gasteiger partial charge in [0.15, 0.2) is 11.8 Å². The van der Waals surface area contributed by atoms with Gasteiger partial charge in [0.1, 0.15) is 0 Å². The highest BCUT2D eigenvalue weighted by Crippen LogP contribution is 2.17. The first-order valence-corrected chi connectivity index (χ1v) is 9.92. The average molecular weight is 398 g/mol. The molecule has 0 spiro atoms. The van der Waals surface area contributed by atoms with E-state index in [4.69, 9.17) is 4.74 Å². The van der Waals surface area contributed by atoms with Gasteiger partial charge in [0, 0.05) is 35.0 Å². The second-order valence-electron chi connectivity index (χ2n) is 6.34. The number of benzene rings is 1. The van der Waals surface area contributed by atoms with Crippen molar-refractivity contribution in [2.75, 3.05) is 18.9 Å². The Morgan fingerprint density at radius 3 is 2.71 bits per heavy atom. The summed E-state index contributed by atoms with van der Waals surface area (Å²) in [6.45, 7) is 3.93. The van der Waals surface area contributed by atoms with Crippen molar-refractivity contribution in [3.8, 4) is 0 Å². The van der Waals surface area contributed by atoms with Gasteiger partial charge in [0.2, 0.25) is 0 Å². The second-order valence-corrected chi connectivity index (χ2v) is 7.28. The van der Waals surface area contributed by atoms with Crippen molar-refractivity contribution in [2.24, 2.45) is 0 Å². The smallest absolute Gasteiger partial charge is 0.316 e. The van der Waals surface area contributed by atoms with Crippen molar-refractivity contribution in [1.82, 2.24) is 20.3 Å². The molecule has 3 rings (SSSR count). The topological polar surface area (TPSA) is 97.0 Å². The second kappa shape index (κ2) is 9.36. The van der Waals surface area contributed by atoms with Crippen LogP contribution in [0.15, 0.2) is 41.7 Å². The molecule has 8 heteroatoms. The molecule has 0 bridgehead atoms. The molecule has 0 aliphatic heterocycles. The van der Waals surface area contributed by atoms with E-state index in [0.717, 1.165) is 27.9 Å². The first kappa shape index (κ1) is 19.9. The van der Waals surface area contributed by atoms with Crippen molar-refractivity contribution < 1.29 is 14.3 Å². The number of aromatic amines is 1. The maximum atomic E-state index is 11.9. The van der Waals surface area contributed by atoms with Crippen LogP contribution in [0.1, 0.15) is 17.0 Å². The van der Waals surface area contributed by atoms with E-state index in [9.17, 15) is 9.59 Å². The predicted molar refractivity (Wildman–Crippen MR) is 108 cm³/mol. The molecule has 0 fully saturated rings. The number of carbonyl (C=O) groups is 2. The molecule has 3 aromatic rings. The van der Waals surface area contributed by atoms with Gasteiger partial charge in [-0.2, -0.15) is 0 Å². The molecule has 0 aliphatic rings. The van der Waals surface area contributed by atoms with Gasteiger partial charge in [-0.05, 0) is 38.0 Å². The maximum Gasteiger partial charge on any atom is 0.316 e. The zero-order valence-electron chi connectivity index (χ0n) is 15.8. The number of hydrogen-bond donors (Lipinski definition) is 2. The number of nitrogens with one attached hydrogen (secondary N) is 2. The number of ether oxygens (including phenoxy) is 1. The number of H-pyrrole nitrogens is 1. The Morgan fingerprint density at radius 1 is 1.18 bits per heavy atom. The normalized spacial score (nSPS) is 10.8. The first-order chi connectivity index (χ1) is 13.5. The monoisotopic (exact) mass is 398 g/mol. The summed E-state index contributed by atoms with van der Waals surface area (Å²) in [5, 5.41) is 4.44. The average Bonchev–Trinajstić information content (AvgIpc) is 3.07. The molecule has 28 heavy (non-hydrogen) atoms. The number of carbonyl (C=O) groups excluding carboxylic acids is 2. The standard InChI is InChI=1S/C20H22N4O3S/c1-13-9-14(2)24-20(23-13)28-12-19(26)27-11-18(25)21-8-7-15-10-22-17-6-4-3-5-16(15)17/h3-6,9-10,22H,7-8,11-12H2,1-2H3,(H,21,25). The summed E-state index contributed by atoms with van der Waals surface area (Å²) in [5.74, 6) is -0.730. The summed E-state index contributed by atoms with van der Waals surface area (Å²) in [6, 6.07) is 9.88. The highest BCUT2D eigenvalue weighted by molar-refractivity contribution is 7.99. The number of para-hydroxylation sites is 1. The van der Waals surface area contributed by atoms with Crippen molar-refractivity contribution >= 4 is 34.5 Å².